The van der Waals surface area contributed by atoms with Crippen molar-refractivity contribution in [2.75, 3.05) is 13.2 Å². The molecule has 0 bridgehead atoms. The van der Waals surface area contributed by atoms with Crippen LogP contribution in [0.2, 0.25) is 0 Å². The van der Waals surface area contributed by atoms with Crippen LogP contribution in [0.3, 0.4) is 0 Å². The van der Waals surface area contributed by atoms with Crippen molar-refractivity contribution in [3.8, 4) is 0 Å². The smallest absolute Gasteiger partial charge is 0.0508 e. The van der Waals surface area contributed by atoms with Crippen LogP contribution in [-0.2, 0) is 11.2 Å². The van der Waals surface area contributed by atoms with E-state index in [2.05, 4.69) is 31.2 Å². The first-order chi connectivity index (χ1) is 7.75. The first-order valence-electron chi connectivity index (χ1n) is 6.03. The summed E-state index contributed by atoms with van der Waals surface area (Å²) in [6.45, 7) is 3.85. The summed E-state index contributed by atoms with van der Waals surface area (Å²) in [5, 5.41) is 0.211. The minimum Gasteiger partial charge on any atom is -0.381 e. The van der Waals surface area contributed by atoms with Gasteiger partial charge in [-0.2, -0.15) is 0 Å². The Labute approximate surface area is 103 Å². The Morgan fingerprint density at radius 1 is 1.38 bits per heavy atom. The van der Waals surface area contributed by atoms with E-state index in [4.69, 9.17) is 16.3 Å². The van der Waals surface area contributed by atoms with Crippen molar-refractivity contribution in [1.82, 2.24) is 0 Å². The Kier molecular flexibility index (Phi) is 4.25. The number of hydrogen-bond acceptors (Lipinski definition) is 1. The van der Waals surface area contributed by atoms with Gasteiger partial charge in [0.1, 0.15) is 0 Å². The first-order valence-corrected chi connectivity index (χ1v) is 6.47. The number of hydrogen-bond donors (Lipinski definition) is 0. The summed E-state index contributed by atoms with van der Waals surface area (Å²) >= 11 is 6.45. The molecule has 0 aliphatic carbocycles. The van der Waals surface area contributed by atoms with Crippen molar-refractivity contribution in [1.29, 1.82) is 0 Å². The number of alkyl halides is 1. The molecule has 1 aromatic rings. The first kappa shape index (κ1) is 11.9. The Morgan fingerprint density at radius 2 is 2.12 bits per heavy atom. The second-order valence-electron chi connectivity index (χ2n) is 4.68. The van der Waals surface area contributed by atoms with Gasteiger partial charge in [0.2, 0.25) is 0 Å². The quantitative estimate of drug-likeness (QED) is 0.732. The summed E-state index contributed by atoms with van der Waals surface area (Å²) in [6, 6.07) is 8.65. The van der Waals surface area contributed by atoms with E-state index in [1.807, 2.05) is 0 Å². The number of aryl methyl sites for hydroxylation is 1. The molecule has 0 amide bonds. The molecule has 16 heavy (non-hydrogen) atoms. The molecule has 1 nitrogen and oxygen atoms in total. The van der Waals surface area contributed by atoms with Crippen LogP contribution in [0.25, 0.3) is 0 Å². The van der Waals surface area contributed by atoms with Crippen LogP contribution < -0.4 is 0 Å². The normalized spacial score (nSPS) is 23.0. The van der Waals surface area contributed by atoms with Crippen molar-refractivity contribution >= 4 is 11.6 Å². The second-order valence-corrected chi connectivity index (χ2v) is 5.24. The maximum atomic E-state index is 6.45. The van der Waals surface area contributed by atoms with Gasteiger partial charge in [0, 0.05) is 12.0 Å². The molecule has 1 saturated heterocycles. The Morgan fingerprint density at radius 3 is 2.75 bits per heavy atom. The van der Waals surface area contributed by atoms with Gasteiger partial charge in [-0.15, -0.1) is 11.6 Å². The van der Waals surface area contributed by atoms with Crippen LogP contribution in [0.1, 0.15) is 24.0 Å². The second kappa shape index (κ2) is 5.70. The van der Waals surface area contributed by atoms with E-state index in [1.165, 1.54) is 17.5 Å². The highest BCUT2D eigenvalue weighted by atomic mass is 35.5. The highest BCUT2D eigenvalue weighted by Gasteiger charge is 2.22. The average Bonchev–Trinajstić information content (AvgIpc) is 2.33. The molecule has 2 rings (SSSR count). The number of halogens is 1. The third kappa shape index (κ3) is 3.23. The van der Waals surface area contributed by atoms with Crippen molar-refractivity contribution in [2.24, 2.45) is 5.92 Å². The van der Waals surface area contributed by atoms with E-state index in [9.17, 15) is 0 Å². The number of rotatable bonds is 3. The fourth-order valence-electron chi connectivity index (χ4n) is 2.17. The molecule has 88 valence electrons. The summed E-state index contributed by atoms with van der Waals surface area (Å²) in [5.74, 6) is 0.525. The Balaban J connectivity index is 1.90. The summed E-state index contributed by atoms with van der Waals surface area (Å²) < 4.78 is 5.48. The van der Waals surface area contributed by atoms with Crippen molar-refractivity contribution < 1.29 is 4.74 Å². The number of ether oxygens (including phenoxy) is 1. The lowest BCUT2D eigenvalue weighted by Crippen LogP contribution is -2.27. The largest absolute Gasteiger partial charge is 0.381 e. The monoisotopic (exact) mass is 238 g/mol. The highest BCUT2D eigenvalue weighted by molar-refractivity contribution is 6.20. The molecule has 1 heterocycles. The molecule has 1 aliphatic rings. The Hall–Kier alpha value is -0.530. The topological polar surface area (TPSA) is 9.23 Å². The van der Waals surface area contributed by atoms with E-state index in [1.54, 1.807) is 0 Å². The van der Waals surface area contributed by atoms with Crippen LogP contribution in [0.4, 0.5) is 0 Å². The van der Waals surface area contributed by atoms with E-state index in [0.29, 0.717) is 5.92 Å². The maximum absolute atomic E-state index is 6.45. The standard InChI is InChI=1S/C14H19ClO/c1-11-4-6-12(7-5-11)9-14(15)13-3-2-8-16-10-13/h4-7,13-14H,2-3,8-10H2,1H3. The summed E-state index contributed by atoms with van der Waals surface area (Å²) in [5.41, 5.74) is 2.63. The van der Waals surface area contributed by atoms with Crippen LogP contribution in [-0.4, -0.2) is 18.6 Å². The molecule has 1 fully saturated rings. The van der Waals surface area contributed by atoms with Gasteiger partial charge in [-0.05, 0) is 37.7 Å². The summed E-state index contributed by atoms with van der Waals surface area (Å²) in [7, 11) is 0. The van der Waals surface area contributed by atoms with Gasteiger partial charge in [-0.1, -0.05) is 29.8 Å². The molecule has 0 N–H and O–H groups in total. The zero-order valence-electron chi connectivity index (χ0n) is 9.79. The van der Waals surface area contributed by atoms with Crippen LogP contribution in [0.15, 0.2) is 24.3 Å². The molecule has 0 aromatic heterocycles. The Bertz CT molecular complexity index is 314. The zero-order chi connectivity index (χ0) is 11.4. The average molecular weight is 239 g/mol. The van der Waals surface area contributed by atoms with E-state index in [0.717, 1.165) is 26.1 Å². The van der Waals surface area contributed by atoms with Crippen LogP contribution in [0.5, 0.6) is 0 Å². The molecule has 2 heteroatoms. The third-order valence-electron chi connectivity index (χ3n) is 3.26. The van der Waals surface area contributed by atoms with E-state index < -0.39 is 0 Å². The minimum absolute atomic E-state index is 0.211. The lowest BCUT2D eigenvalue weighted by Gasteiger charge is -2.26. The van der Waals surface area contributed by atoms with Gasteiger partial charge in [-0.3, -0.25) is 0 Å². The minimum atomic E-state index is 0.211. The van der Waals surface area contributed by atoms with Gasteiger partial charge in [-0.25, -0.2) is 0 Å². The summed E-state index contributed by atoms with van der Waals surface area (Å²) in [4.78, 5) is 0. The van der Waals surface area contributed by atoms with Gasteiger partial charge in [0.05, 0.1) is 6.61 Å². The van der Waals surface area contributed by atoms with Gasteiger partial charge < -0.3 is 4.74 Å². The molecule has 0 radical (unpaired) electrons. The fraction of sp³-hybridized carbons (Fsp3) is 0.571. The molecule has 1 aliphatic heterocycles. The van der Waals surface area contributed by atoms with E-state index in [-0.39, 0.29) is 5.38 Å². The predicted molar refractivity (Wildman–Crippen MR) is 68.1 cm³/mol. The lowest BCUT2D eigenvalue weighted by molar-refractivity contribution is 0.0533. The lowest BCUT2D eigenvalue weighted by atomic mass is 9.94. The summed E-state index contributed by atoms with van der Waals surface area (Å²) in [6.07, 6.45) is 3.32. The van der Waals surface area contributed by atoms with Gasteiger partial charge in [0.15, 0.2) is 0 Å². The zero-order valence-corrected chi connectivity index (χ0v) is 10.5. The van der Waals surface area contributed by atoms with Gasteiger partial charge in [0.25, 0.3) is 0 Å². The molecule has 0 saturated carbocycles. The van der Waals surface area contributed by atoms with Crippen molar-refractivity contribution in [3.05, 3.63) is 35.4 Å². The van der Waals surface area contributed by atoms with E-state index >= 15 is 0 Å². The predicted octanol–water partition coefficient (Wildman–Crippen LogP) is 3.57. The molecule has 1 aromatic carbocycles. The molecule has 2 unspecified atom stereocenters. The van der Waals surface area contributed by atoms with Crippen LogP contribution in [0, 0.1) is 12.8 Å². The highest BCUT2D eigenvalue weighted by Crippen LogP contribution is 2.24. The van der Waals surface area contributed by atoms with Crippen molar-refractivity contribution in [2.45, 2.75) is 31.6 Å². The fourth-order valence-corrected chi connectivity index (χ4v) is 2.54. The number of benzene rings is 1. The van der Waals surface area contributed by atoms with Crippen LogP contribution >= 0.6 is 11.6 Å². The molecule has 0 spiro atoms. The SMILES string of the molecule is Cc1ccc(CC(Cl)C2CCCOC2)cc1. The molecular formula is C14H19ClO. The van der Waals surface area contributed by atoms with Gasteiger partial charge >= 0.3 is 0 Å². The molecule has 2 atom stereocenters. The maximum Gasteiger partial charge on any atom is 0.0508 e. The third-order valence-corrected chi connectivity index (χ3v) is 3.77. The van der Waals surface area contributed by atoms with Crippen molar-refractivity contribution in [3.63, 3.8) is 0 Å². The molecular weight excluding hydrogens is 220 g/mol.